The lowest BCUT2D eigenvalue weighted by molar-refractivity contribution is -0.278. The van der Waals surface area contributed by atoms with Gasteiger partial charge in [0.25, 0.3) is 5.91 Å². The number of allylic oxidation sites excluding steroid dienone is 4. The van der Waals surface area contributed by atoms with Crippen LogP contribution in [0.15, 0.2) is 76.5 Å². The largest absolute Gasteiger partial charge is 0.506 e. The molecule has 3 N–H and O–H groups in total. The van der Waals surface area contributed by atoms with Crippen molar-refractivity contribution in [2.24, 2.45) is 4.99 Å². The van der Waals surface area contributed by atoms with Crippen LogP contribution in [0.3, 0.4) is 0 Å². The van der Waals surface area contributed by atoms with E-state index in [9.17, 15) is 24.9 Å². The Morgan fingerprint density at radius 2 is 1.95 bits per heavy atom. The number of nitrogens with zero attached hydrogens (tertiary/aromatic N) is 2. The van der Waals surface area contributed by atoms with Crippen LogP contribution >= 0.6 is 0 Å². The lowest BCUT2D eigenvalue weighted by atomic mass is 9.87. The van der Waals surface area contributed by atoms with E-state index in [1.165, 1.54) is 12.0 Å². The van der Waals surface area contributed by atoms with Gasteiger partial charge in [-0.2, -0.15) is 4.99 Å². The molecule has 6 bridgehead atoms. The number of amides is 1. The highest BCUT2D eigenvalue weighted by atomic mass is 16.7. The number of Topliss-reactive ketones (excluding diaryl/α,β-unsaturated/α-hetero) is 1. The first-order chi connectivity index (χ1) is 27.3. The van der Waals surface area contributed by atoms with Gasteiger partial charge in [-0.05, 0) is 59.0 Å². The number of phenols is 1. The molecule has 0 unspecified atom stereocenters. The number of ketones is 1. The Labute approximate surface area is 323 Å². The van der Waals surface area contributed by atoms with Gasteiger partial charge in [0.05, 0.1) is 43.0 Å². The van der Waals surface area contributed by atoms with Gasteiger partial charge >= 0.3 is 0 Å². The van der Waals surface area contributed by atoms with E-state index in [-0.39, 0.29) is 67.0 Å². The summed E-state index contributed by atoms with van der Waals surface area (Å²) in [4.78, 5) is 34.1. The summed E-state index contributed by atoms with van der Waals surface area (Å²) in [6.07, 6.45) is 9.27. The van der Waals surface area contributed by atoms with Crippen LogP contribution in [-0.4, -0.2) is 95.7 Å². The van der Waals surface area contributed by atoms with Gasteiger partial charge in [-0.15, -0.1) is 0 Å². The van der Waals surface area contributed by atoms with Gasteiger partial charge in [0.2, 0.25) is 6.29 Å². The molecule has 1 saturated carbocycles. The first-order valence-corrected chi connectivity index (χ1v) is 19.0. The van der Waals surface area contributed by atoms with E-state index in [0.29, 0.717) is 22.3 Å². The molecule has 5 atom stereocenters. The fraction of sp³-hybridized carbons (Fsp3) is 0.364. The number of aliphatic hydroxyl groups excluding tert-OH is 2. The third-order valence-corrected chi connectivity index (χ3v) is 11.5. The maximum atomic E-state index is 14.4. The zero-order valence-corrected chi connectivity index (χ0v) is 30.8. The summed E-state index contributed by atoms with van der Waals surface area (Å²) in [7, 11) is 1.50. The number of benzene rings is 3. The van der Waals surface area contributed by atoms with Gasteiger partial charge in [-0.25, -0.2) is 0 Å². The van der Waals surface area contributed by atoms with E-state index < -0.39 is 36.5 Å². The molecule has 6 aliphatic rings. The number of phenolic OH excluding ortho intramolecular Hbond substituents is 1. The van der Waals surface area contributed by atoms with Gasteiger partial charge in [-0.3, -0.25) is 9.59 Å². The highest BCUT2D eigenvalue weighted by Gasteiger charge is 2.48. The second-order valence-corrected chi connectivity index (χ2v) is 14.9. The van der Waals surface area contributed by atoms with Crippen LogP contribution in [0, 0.1) is 18.4 Å². The SMILES string of the molecule is COc1cc2c3c(O)c(c(C4CCCC4)cc3c1)C(=O)CN1Cc3c(cccc3C1=O)CC#CO[C@@H]1[C@@H](O)[C@H](O2)O[C@H](COCC2=C3[CH+]C=CC=C3N=C2)[C@H]1O. The lowest BCUT2D eigenvalue weighted by Gasteiger charge is -2.41. The molecule has 3 aromatic rings. The van der Waals surface area contributed by atoms with Crippen LogP contribution < -0.4 is 9.47 Å². The molecule has 286 valence electrons. The molecule has 1 amide bonds. The molecule has 2 aliphatic carbocycles. The maximum Gasteiger partial charge on any atom is 0.254 e. The molecule has 4 aliphatic heterocycles. The van der Waals surface area contributed by atoms with Gasteiger partial charge in [0.15, 0.2) is 23.7 Å². The minimum atomic E-state index is -1.56. The van der Waals surface area contributed by atoms with Gasteiger partial charge in [-0.1, -0.05) is 30.9 Å². The predicted octanol–water partition coefficient (Wildman–Crippen LogP) is 4.83. The van der Waals surface area contributed by atoms with Crippen LogP contribution in [0.1, 0.15) is 69.0 Å². The van der Waals surface area contributed by atoms with E-state index in [2.05, 4.69) is 17.0 Å². The van der Waals surface area contributed by atoms with Crippen molar-refractivity contribution in [1.82, 2.24) is 4.90 Å². The molecule has 12 heteroatoms. The van der Waals surface area contributed by atoms with Gasteiger partial charge < -0.3 is 43.9 Å². The molecule has 0 spiro atoms. The van der Waals surface area contributed by atoms with E-state index >= 15 is 0 Å². The molecule has 56 heavy (non-hydrogen) atoms. The number of aliphatic imine (C=N–C) groups is 1. The number of carbonyl (C=O) groups is 2. The van der Waals surface area contributed by atoms with Crippen molar-refractivity contribution in [1.29, 1.82) is 0 Å². The number of carbonyl (C=O) groups excluding carboxylic acids is 2. The summed E-state index contributed by atoms with van der Waals surface area (Å²) in [6.45, 7) is 0.0425. The molecule has 0 aromatic heterocycles. The number of fused-ring (bicyclic) bond motifs is 5. The number of methoxy groups -OCH3 is 1. The highest BCUT2D eigenvalue weighted by Crippen LogP contribution is 2.47. The topological polar surface area (TPSA) is 157 Å². The summed E-state index contributed by atoms with van der Waals surface area (Å²) >= 11 is 0. The Balaban J connectivity index is 1.12. The monoisotopic (exact) mass is 757 g/mol. The fourth-order valence-electron chi connectivity index (χ4n) is 8.66. The second-order valence-electron chi connectivity index (χ2n) is 14.9. The average molecular weight is 758 g/mol. The fourth-order valence-corrected chi connectivity index (χ4v) is 8.66. The second kappa shape index (κ2) is 14.8. The van der Waals surface area contributed by atoms with Crippen LogP contribution in [0.5, 0.6) is 17.2 Å². The molecular formula is C44H41N2O10+. The Hall–Kier alpha value is -5.58. The third kappa shape index (κ3) is 6.40. The number of rotatable bonds is 6. The zero-order chi connectivity index (χ0) is 38.5. The normalized spacial score (nSPS) is 25.6. The standard InChI is InChI=1S/C44H40N2O10/c1-52-28-16-26-17-31(24-8-2-3-9-24)38-34(47)21-46-20-32-25(10-6-13-30(32)43(46)51)11-7-15-54-42-39(48)36(23-53-22-27-19-45-33-14-5-4-12-29(27)33)56-44(41(42)50)55-35(18-28)37(26)40(38)49/h4-6,10,12-14,16-19,24,36,39,41-42,44,48,50H,2-3,8-9,11,20-23H2,1H3/p+1/t36-,39-,41-,42+,44-/m1/s1. The Bertz CT molecular complexity index is 2310. The van der Waals surface area contributed by atoms with Crippen LogP contribution in [0.25, 0.3) is 10.8 Å². The van der Waals surface area contributed by atoms with Crippen LogP contribution in [-0.2, 0) is 27.2 Å². The van der Waals surface area contributed by atoms with Crippen molar-refractivity contribution in [3.05, 3.63) is 106 Å². The summed E-state index contributed by atoms with van der Waals surface area (Å²) < 4.78 is 30.3. The third-order valence-electron chi connectivity index (χ3n) is 11.5. The lowest BCUT2D eigenvalue weighted by Crippen LogP contribution is -2.60. The summed E-state index contributed by atoms with van der Waals surface area (Å²) in [5.74, 6) is 2.51. The van der Waals surface area contributed by atoms with Crippen LogP contribution in [0.2, 0.25) is 0 Å². The Morgan fingerprint density at radius 1 is 1.09 bits per heavy atom. The summed E-state index contributed by atoms with van der Waals surface area (Å²) in [6, 6.07) is 10.6. The summed E-state index contributed by atoms with van der Waals surface area (Å²) in [5, 5.41) is 36.2. The average Bonchev–Trinajstić information content (AvgIpc) is 3.96. The van der Waals surface area contributed by atoms with E-state index in [1.54, 1.807) is 30.5 Å². The molecule has 3 aromatic carbocycles. The molecule has 1 saturated heterocycles. The number of aromatic hydroxyl groups is 1. The first kappa shape index (κ1) is 36.1. The molecule has 12 nitrogen and oxygen atoms in total. The van der Waals surface area contributed by atoms with Crippen molar-refractivity contribution >= 4 is 28.7 Å². The molecule has 2 fully saturated rings. The van der Waals surface area contributed by atoms with Crippen LogP contribution in [0.4, 0.5) is 0 Å². The smallest absolute Gasteiger partial charge is 0.254 e. The van der Waals surface area contributed by atoms with Gasteiger partial charge in [0.1, 0.15) is 47.7 Å². The Kier molecular flexibility index (Phi) is 9.55. The van der Waals surface area contributed by atoms with Gasteiger partial charge in [0, 0.05) is 49.2 Å². The number of ether oxygens (including phenoxy) is 5. The van der Waals surface area contributed by atoms with Crippen molar-refractivity contribution in [3.8, 4) is 29.3 Å². The van der Waals surface area contributed by atoms with Crippen molar-refractivity contribution in [3.63, 3.8) is 0 Å². The Morgan fingerprint density at radius 3 is 2.79 bits per heavy atom. The number of hydrogen-bond donors (Lipinski definition) is 3. The van der Waals surface area contributed by atoms with Crippen molar-refractivity contribution < 1.29 is 48.6 Å². The first-order valence-electron chi connectivity index (χ1n) is 19.0. The molecule has 4 heterocycles. The maximum absolute atomic E-state index is 14.4. The van der Waals surface area contributed by atoms with E-state index in [1.807, 2.05) is 36.8 Å². The van der Waals surface area contributed by atoms with E-state index in [0.717, 1.165) is 53.7 Å². The molecule has 9 rings (SSSR count). The predicted molar refractivity (Wildman–Crippen MR) is 204 cm³/mol. The molecule has 0 radical (unpaired) electrons. The summed E-state index contributed by atoms with van der Waals surface area (Å²) in [5.41, 5.74) is 5.54. The minimum absolute atomic E-state index is 0.0279. The molecular weight excluding hydrogens is 716 g/mol. The van der Waals surface area contributed by atoms with E-state index in [4.69, 9.17) is 23.7 Å². The quantitative estimate of drug-likeness (QED) is 0.235. The highest BCUT2D eigenvalue weighted by molar-refractivity contribution is 6.11. The van der Waals surface area contributed by atoms with Crippen molar-refractivity contribution in [2.75, 3.05) is 26.9 Å². The number of aliphatic hydroxyl groups is 2. The zero-order valence-electron chi connectivity index (χ0n) is 30.8. The van der Waals surface area contributed by atoms with Crippen molar-refractivity contribution in [2.45, 2.75) is 75.3 Å². The minimum Gasteiger partial charge on any atom is -0.506 e. The number of hydrogen-bond acceptors (Lipinski definition) is 11.